The van der Waals surface area contributed by atoms with Gasteiger partial charge >= 0.3 is 6.36 Å². The van der Waals surface area contributed by atoms with Crippen molar-refractivity contribution >= 4 is 33.3 Å². The lowest BCUT2D eigenvalue weighted by Crippen LogP contribution is -2.47. The van der Waals surface area contributed by atoms with Crippen LogP contribution < -0.4 is 10.5 Å². The zero-order valence-corrected chi connectivity index (χ0v) is 17.9. The number of carbonyl (C=O) groups excluding carboxylic acids is 1. The highest BCUT2D eigenvalue weighted by Gasteiger charge is 2.37. The number of nitrogens with two attached hydrogens (primary N) is 1. The van der Waals surface area contributed by atoms with Crippen LogP contribution in [0.4, 0.5) is 13.2 Å². The van der Waals surface area contributed by atoms with Gasteiger partial charge in [0.1, 0.15) is 5.75 Å². The molecule has 2 N–H and O–H groups in total. The number of nitrogens with zero attached hydrogens (tertiary/aromatic N) is 2. The number of benzene rings is 2. The summed E-state index contributed by atoms with van der Waals surface area (Å²) < 4.78 is 43.3. The molecule has 9 heteroatoms. The molecule has 3 aromatic rings. The molecule has 1 aliphatic heterocycles. The van der Waals surface area contributed by atoms with E-state index >= 15 is 0 Å². The van der Waals surface area contributed by atoms with Crippen molar-refractivity contribution in [3.8, 4) is 16.9 Å². The van der Waals surface area contributed by atoms with Gasteiger partial charge in [-0.25, -0.2) is 4.99 Å². The molecular weight excluding hydrogens is 427 g/mol. The molecule has 31 heavy (non-hydrogen) atoms. The number of aryl methyl sites for hydroxylation is 1. The van der Waals surface area contributed by atoms with E-state index in [1.165, 1.54) is 28.4 Å². The molecule has 0 bridgehead atoms. The zero-order valence-electron chi connectivity index (χ0n) is 17.1. The number of aliphatic imine (C=N–C) groups is 1. The summed E-state index contributed by atoms with van der Waals surface area (Å²) >= 11 is 1.49. The zero-order chi connectivity index (χ0) is 22.6. The predicted molar refractivity (Wildman–Crippen MR) is 115 cm³/mol. The fourth-order valence-corrected chi connectivity index (χ4v) is 4.67. The molecule has 2 aromatic carbocycles. The van der Waals surface area contributed by atoms with Gasteiger partial charge < -0.3 is 10.5 Å². The van der Waals surface area contributed by atoms with Crippen molar-refractivity contribution in [2.75, 3.05) is 7.05 Å². The summed E-state index contributed by atoms with van der Waals surface area (Å²) in [7, 11) is 1.57. The maximum atomic E-state index is 12.8. The van der Waals surface area contributed by atoms with E-state index in [1.54, 1.807) is 13.1 Å². The van der Waals surface area contributed by atoms with Crippen LogP contribution in [0, 0.1) is 6.92 Å². The monoisotopic (exact) mass is 447 g/mol. The van der Waals surface area contributed by atoms with E-state index in [2.05, 4.69) is 9.73 Å². The highest BCUT2D eigenvalue weighted by molar-refractivity contribution is 7.17. The molecule has 1 aromatic heterocycles. The van der Waals surface area contributed by atoms with Crippen LogP contribution in [0.3, 0.4) is 0 Å². The largest absolute Gasteiger partial charge is 0.573 e. The van der Waals surface area contributed by atoms with Gasteiger partial charge in [0.2, 0.25) is 5.91 Å². The van der Waals surface area contributed by atoms with Gasteiger partial charge in [-0.2, -0.15) is 0 Å². The smallest absolute Gasteiger partial charge is 0.406 e. The summed E-state index contributed by atoms with van der Waals surface area (Å²) in [6.07, 6.45) is -4.64. The van der Waals surface area contributed by atoms with Crippen molar-refractivity contribution < 1.29 is 22.7 Å². The summed E-state index contributed by atoms with van der Waals surface area (Å²) in [5, 5.41) is 2.84. The molecule has 4 rings (SSSR count). The minimum atomic E-state index is -4.78. The van der Waals surface area contributed by atoms with Gasteiger partial charge in [0.25, 0.3) is 0 Å². The summed E-state index contributed by atoms with van der Waals surface area (Å²) in [6.45, 7) is 3.66. The number of alkyl halides is 3. The van der Waals surface area contributed by atoms with Gasteiger partial charge in [-0.05, 0) is 71.6 Å². The SMILES string of the molecule is Cc1ccc(OC(F)(F)F)cc1-c1cc([C@]2(C)CC(=O)N(C)C(N)=N2)cc2ccsc12. The standard InChI is InChI=1S/C22H20F3N3O2S/c1-12-4-5-15(30-22(23,24)25)10-16(12)17-9-14(8-13-6-7-31-19(13)17)21(2)11-18(29)28(3)20(26)27-21/h4-10H,11H2,1-3H3,(H2,26,27)/t21-/m0/s1. The fraction of sp³-hybridized carbons (Fsp3) is 0.273. The molecule has 0 spiro atoms. The third-order valence-corrected chi connectivity index (χ3v) is 6.44. The number of guanidine groups is 1. The minimum absolute atomic E-state index is 0.127. The molecule has 162 valence electrons. The highest BCUT2D eigenvalue weighted by atomic mass is 32.1. The molecule has 1 amide bonds. The number of halogens is 3. The highest BCUT2D eigenvalue weighted by Crippen LogP contribution is 2.42. The van der Waals surface area contributed by atoms with E-state index in [0.29, 0.717) is 5.56 Å². The molecule has 1 aliphatic rings. The summed E-state index contributed by atoms with van der Waals surface area (Å²) in [5.74, 6) is -0.313. The predicted octanol–water partition coefficient (Wildman–Crippen LogP) is 5.17. The second kappa shape index (κ2) is 7.26. The molecule has 5 nitrogen and oxygen atoms in total. The summed E-state index contributed by atoms with van der Waals surface area (Å²) in [6, 6.07) is 10.1. The molecule has 0 aliphatic carbocycles. The Morgan fingerprint density at radius 2 is 1.94 bits per heavy atom. The Hall–Kier alpha value is -3.07. The van der Waals surface area contributed by atoms with Gasteiger partial charge in [-0.3, -0.25) is 9.69 Å². The summed E-state index contributed by atoms with van der Waals surface area (Å²) in [5.41, 5.74) is 8.02. The first-order valence-electron chi connectivity index (χ1n) is 9.47. The first kappa shape index (κ1) is 21.2. The number of carbonyl (C=O) groups is 1. The van der Waals surface area contributed by atoms with Gasteiger partial charge in [-0.15, -0.1) is 24.5 Å². The maximum absolute atomic E-state index is 12.8. The Balaban J connectivity index is 1.90. The van der Waals surface area contributed by atoms with E-state index in [9.17, 15) is 18.0 Å². The first-order chi connectivity index (χ1) is 14.5. The van der Waals surface area contributed by atoms with Crippen molar-refractivity contribution in [3.05, 3.63) is 52.9 Å². The molecule has 0 saturated heterocycles. The average molecular weight is 447 g/mol. The Bertz CT molecular complexity index is 1220. The number of fused-ring (bicyclic) bond motifs is 1. The third kappa shape index (κ3) is 3.97. The molecule has 2 heterocycles. The molecule has 0 unspecified atom stereocenters. The molecule has 0 saturated carbocycles. The quantitative estimate of drug-likeness (QED) is 0.603. The van der Waals surface area contributed by atoms with Crippen LogP contribution in [0.1, 0.15) is 24.5 Å². The number of amides is 1. The van der Waals surface area contributed by atoms with Crippen molar-refractivity contribution in [3.63, 3.8) is 0 Å². The lowest BCUT2D eigenvalue weighted by atomic mass is 9.84. The van der Waals surface area contributed by atoms with Crippen LogP contribution in [0.25, 0.3) is 21.2 Å². The Labute approximate surface area is 180 Å². The Kier molecular flexibility index (Phi) is 4.96. The number of hydrogen-bond donors (Lipinski definition) is 1. The molecule has 0 fully saturated rings. The van der Waals surface area contributed by atoms with Crippen LogP contribution in [-0.2, 0) is 10.3 Å². The van der Waals surface area contributed by atoms with Crippen LogP contribution in [-0.4, -0.2) is 30.2 Å². The van der Waals surface area contributed by atoms with Crippen LogP contribution in [0.2, 0.25) is 0 Å². The first-order valence-corrected chi connectivity index (χ1v) is 10.4. The van der Waals surface area contributed by atoms with Crippen molar-refractivity contribution in [1.29, 1.82) is 0 Å². The summed E-state index contributed by atoms with van der Waals surface area (Å²) in [4.78, 5) is 18.3. The maximum Gasteiger partial charge on any atom is 0.573 e. The average Bonchev–Trinajstić information content (AvgIpc) is 3.14. The van der Waals surface area contributed by atoms with Crippen molar-refractivity contribution in [1.82, 2.24) is 4.90 Å². The van der Waals surface area contributed by atoms with E-state index in [0.717, 1.165) is 26.8 Å². The number of rotatable bonds is 3. The van der Waals surface area contributed by atoms with Crippen LogP contribution in [0.15, 0.2) is 46.8 Å². The van der Waals surface area contributed by atoms with Gasteiger partial charge in [0.15, 0.2) is 5.96 Å². The Morgan fingerprint density at radius 3 is 2.61 bits per heavy atom. The second-order valence-electron chi connectivity index (χ2n) is 7.76. The lowest BCUT2D eigenvalue weighted by Gasteiger charge is -2.34. The second-order valence-corrected chi connectivity index (χ2v) is 8.68. The van der Waals surface area contributed by atoms with Gasteiger partial charge in [0, 0.05) is 17.3 Å². The molecule has 0 radical (unpaired) electrons. The number of hydrogen-bond acceptors (Lipinski definition) is 5. The van der Waals surface area contributed by atoms with Crippen LogP contribution in [0.5, 0.6) is 5.75 Å². The minimum Gasteiger partial charge on any atom is -0.406 e. The van der Waals surface area contributed by atoms with Crippen molar-refractivity contribution in [2.24, 2.45) is 10.7 Å². The van der Waals surface area contributed by atoms with Crippen LogP contribution >= 0.6 is 11.3 Å². The molecule has 1 atom stereocenters. The van der Waals surface area contributed by atoms with E-state index < -0.39 is 11.9 Å². The fourth-order valence-electron chi connectivity index (χ4n) is 3.76. The lowest BCUT2D eigenvalue weighted by molar-refractivity contribution is -0.274. The Morgan fingerprint density at radius 1 is 1.19 bits per heavy atom. The number of ether oxygens (including phenoxy) is 1. The van der Waals surface area contributed by atoms with Gasteiger partial charge in [0.05, 0.1) is 12.0 Å². The van der Waals surface area contributed by atoms with E-state index in [4.69, 9.17) is 5.73 Å². The van der Waals surface area contributed by atoms with E-state index in [-0.39, 0.29) is 24.0 Å². The van der Waals surface area contributed by atoms with E-state index in [1.807, 2.05) is 37.4 Å². The number of thiophene rings is 1. The third-order valence-electron chi connectivity index (χ3n) is 5.48. The normalized spacial score (nSPS) is 19.6. The topological polar surface area (TPSA) is 67.9 Å². The molecular formula is C22H20F3N3O2S. The van der Waals surface area contributed by atoms with Gasteiger partial charge in [-0.1, -0.05) is 6.07 Å². The van der Waals surface area contributed by atoms with Crippen molar-refractivity contribution in [2.45, 2.75) is 32.2 Å².